The molecule has 0 radical (unpaired) electrons. The summed E-state index contributed by atoms with van der Waals surface area (Å²) in [4.78, 5) is 38.4. The number of hydrogen-bond acceptors (Lipinski definition) is 6. The summed E-state index contributed by atoms with van der Waals surface area (Å²) in [7, 11) is 0. The molecule has 0 amide bonds. The molecule has 6 heteroatoms. The smallest absolute Gasteiger partial charge is 0.306 e. The number of allylic oxidation sites excluding steroid dienone is 4. The Morgan fingerprint density at radius 2 is 0.407 bits per heavy atom. The largest absolute Gasteiger partial charge is 0.462 e. The summed E-state index contributed by atoms with van der Waals surface area (Å²) in [5, 5.41) is 0. The molecule has 0 N–H and O–H groups in total. The predicted molar refractivity (Wildman–Crippen MR) is 353 cm³/mol. The molecule has 0 aromatic rings. The fourth-order valence-corrected chi connectivity index (χ4v) is 11.4. The molecule has 0 aliphatic carbocycles. The standard InChI is InChI=1S/C75H142O6/c1-4-7-10-13-16-19-22-25-28-30-31-32-33-34-35-36-37-38-39-40-41-42-43-44-46-47-50-53-56-59-62-65-68-74(77)80-71-72(70-79-73(76)67-64-61-58-55-52-49-27-24-21-18-15-12-9-6-3)81-75(78)69-66-63-60-57-54-51-48-45-29-26-23-20-17-14-11-8-5-2/h24,26-27,29,72H,4-23,25,28,30-71H2,1-3H3/b27-24-,29-26-. The Kier molecular flexibility index (Phi) is 68.5. The van der Waals surface area contributed by atoms with Gasteiger partial charge in [-0.25, -0.2) is 0 Å². The summed E-state index contributed by atoms with van der Waals surface area (Å²) < 4.78 is 17.0. The van der Waals surface area contributed by atoms with Crippen molar-refractivity contribution in [2.45, 2.75) is 425 Å². The monoisotopic (exact) mass is 1140 g/mol. The van der Waals surface area contributed by atoms with Crippen LogP contribution in [0.4, 0.5) is 0 Å². The van der Waals surface area contributed by atoms with E-state index in [1.54, 1.807) is 0 Å². The van der Waals surface area contributed by atoms with Gasteiger partial charge in [-0.2, -0.15) is 0 Å². The van der Waals surface area contributed by atoms with Crippen LogP contribution in [-0.2, 0) is 28.6 Å². The van der Waals surface area contributed by atoms with Crippen LogP contribution in [0.1, 0.15) is 419 Å². The number of unbranched alkanes of at least 4 members (excludes halogenated alkanes) is 54. The molecule has 0 bridgehead atoms. The van der Waals surface area contributed by atoms with E-state index in [4.69, 9.17) is 14.2 Å². The molecule has 81 heavy (non-hydrogen) atoms. The lowest BCUT2D eigenvalue weighted by Crippen LogP contribution is -2.30. The van der Waals surface area contributed by atoms with Gasteiger partial charge in [0, 0.05) is 19.3 Å². The van der Waals surface area contributed by atoms with Crippen molar-refractivity contribution in [3.8, 4) is 0 Å². The molecule has 0 saturated carbocycles. The average Bonchev–Trinajstić information content (AvgIpc) is 3.47. The lowest BCUT2D eigenvalue weighted by Gasteiger charge is -2.18. The second-order valence-electron chi connectivity index (χ2n) is 25.2. The number of carbonyl (C=O) groups is 3. The predicted octanol–water partition coefficient (Wildman–Crippen LogP) is 25.3. The maximum atomic E-state index is 12.9. The highest BCUT2D eigenvalue weighted by Crippen LogP contribution is 2.19. The van der Waals surface area contributed by atoms with E-state index in [9.17, 15) is 14.4 Å². The highest BCUT2D eigenvalue weighted by atomic mass is 16.6. The van der Waals surface area contributed by atoms with E-state index in [1.165, 1.54) is 315 Å². The minimum absolute atomic E-state index is 0.0704. The zero-order valence-electron chi connectivity index (χ0n) is 55.1. The Hall–Kier alpha value is -2.11. The topological polar surface area (TPSA) is 78.9 Å². The van der Waals surface area contributed by atoms with Crippen LogP contribution >= 0.6 is 0 Å². The van der Waals surface area contributed by atoms with Crippen LogP contribution < -0.4 is 0 Å². The normalized spacial score (nSPS) is 12.1. The summed E-state index contributed by atoms with van der Waals surface area (Å²) in [5.41, 5.74) is 0. The van der Waals surface area contributed by atoms with Crippen LogP contribution in [0.2, 0.25) is 0 Å². The van der Waals surface area contributed by atoms with Crippen molar-refractivity contribution < 1.29 is 28.6 Å². The van der Waals surface area contributed by atoms with Gasteiger partial charge in [0.1, 0.15) is 13.2 Å². The molecule has 0 rings (SSSR count). The zero-order valence-corrected chi connectivity index (χ0v) is 55.1. The first kappa shape index (κ1) is 78.9. The molecule has 0 aromatic carbocycles. The van der Waals surface area contributed by atoms with Crippen molar-refractivity contribution in [3.05, 3.63) is 24.3 Å². The Labute approximate surface area is 506 Å². The minimum atomic E-state index is -0.775. The number of carbonyl (C=O) groups excluding carboxylic acids is 3. The lowest BCUT2D eigenvalue weighted by atomic mass is 10.0. The van der Waals surface area contributed by atoms with Gasteiger partial charge in [0.25, 0.3) is 0 Å². The van der Waals surface area contributed by atoms with Gasteiger partial charge in [-0.05, 0) is 70.6 Å². The van der Waals surface area contributed by atoms with E-state index >= 15 is 0 Å². The third kappa shape index (κ3) is 68.6. The number of hydrogen-bond donors (Lipinski definition) is 0. The summed E-state index contributed by atoms with van der Waals surface area (Å²) in [6, 6.07) is 0. The summed E-state index contributed by atoms with van der Waals surface area (Å²) in [6.45, 7) is 6.70. The first-order valence-electron chi connectivity index (χ1n) is 36.8. The molecular formula is C75H142O6. The molecule has 0 aliphatic heterocycles. The number of esters is 3. The van der Waals surface area contributed by atoms with Gasteiger partial charge in [0.2, 0.25) is 0 Å². The second kappa shape index (κ2) is 70.4. The quantitative estimate of drug-likeness (QED) is 0.0261. The van der Waals surface area contributed by atoms with Crippen LogP contribution in [0.25, 0.3) is 0 Å². The lowest BCUT2D eigenvalue weighted by molar-refractivity contribution is -0.167. The molecule has 0 spiro atoms. The van der Waals surface area contributed by atoms with Gasteiger partial charge in [-0.15, -0.1) is 0 Å². The first-order chi connectivity index (χ1) is 40.0. The van der Waals surface area contributed by atoms with Crippen molar-refractivity contribution in [2.75, 3.05) is 13.2 Å². The van der Waals surface area contributed by atoms with Crippen LogP contribution in [0.15, 0.2) is 24.3 Å². The van der Waals surface area contributed by atoms with Gasteiger partial charge in [0.15, 0.2) is 6.10 Å². The molecule has 1 atom stereocenters. The SMILES string of the molecule is CCCCCCC/C=C\CCCCCCCC(=O)OCC(COC(=O)CCCCCCCCCCCCCCCCCCCCCCCCCCCCCCCCCC)OC(=O)CCCCCCCCC/C=C\CCCCCCCC. The number of ether oxygens (including phenoxy) is 3. The zero-order chi connectivity index (χ0) is 58.5. The van der Waals surface area contributed by atoms with Crippen molar-refractivity contribution in [1.82, 2.24) is 0 Å². The molecule has 0 aromatic heterocycles. The molecule has 0 aliphatic rings. The van der Waals surface area contributed by atoms with Crippen LogP contribution in [-0.4, -0.2) is 37.2 Å². The average molecular weight is 1140 g/mol. The van der Waals surface area contributed by atoms with Crippen molar-refractivity contribution in [2.24, 2.45) is 0 Å². The molecule has 1 unspecified atom stereocenters. The highest BCUT2D eigenvalue weighted by molar-refractivity contribution is 5.71. The van der Waals surface area contributed by atoms with E-state index in [2.05, 4.69) is 45.1 Å². The van der Waals surface area contributed by atoms with Crippen LogP contribution in [0.5, 0.6) is 0 Å². The maximum Gasteiger partial charge on any atom is 0.306 e. The second-order valence-corrected chi connectivity index (χ2v) is 25.2. The Morgan fingerprint density at radius 1 is 0.235 bits per heavy atom. The molecular weight excluding hydrogens is 997 g/mol. The summed E-state index contributed by atoms with van der Waals surface area (Å²) >= 11 is 0. The van der Waals surface area contributed by atoms with E-state index in [0.717, 1.165) is 64.2 Å². The van der Waals surface area contributed by atoms with E-state index in [0.29, 0.717) is 19.3 Å². The Morgan fingerprint density at radius 3 is 0.617 bits per heavy atom. The van der Waals surface area contributed by atoms with E-state index < -0.39 is 6.10 Å². The van der Waals surface area contributed by atoms with Crippen LogP contribution in [0, 0.1) is 0 Å². The molecule has 0 heterocycles. The van der Waals surface area contributed by atoms with Gasteiger partial charge in [-0.1, -0.05) is 353 Å². The Bertz CT molecular complexity index is 1310. The summed E-state index contributed by atoms with van der Waals surface area (Å²) in [5.74, 6) is -0.854. The highest BCUT2D eigenvalue weighted by Gasteiger charge is 2.19. The van der Waals surface area contributed by atoms with Crippen molar-refractivity contribution in [1.29, 1.82) is 0 Å². The fourth-order valence-electron chi connectivity index (χ4n) is 11.4. The van der Waals surface area contributed by atoms with Gasteiger partial charge in [0.05, 0.1) is 0 Å². The Balaban J connectivity index is 4.12. The third-order valence-corrected chi connectivity index (χ3v) is 16.9. The fraction of sp³-hybridized carbons (Fsp3) is 0.907. The van der Waals surface area contributed by atoms with E-state index in [-0.39, 0.29) is 31.1 Å². The van der Waals surface area contributed by atoms with Crippen molar-refractivity contribution in [3.63, 3.8) is 0 Å². The van der Waals surface area contributed by atoms with Gasteiger partial charge < -0.3 is 14.2 Å². The molecule has 0 fully saturated rings. The van der Waals surface area contributed by atoms with E-state index in [1.807, 2.05) is 0 Å². The number of rotatable bonds is 69. The van der Waals surface area contributed by atoms with Crippen LogP contribution in [0.3, 0.4) is 0 Å². The summed E-state index contributed by atoms with van der Waals surface area (Å²) in [6.07, 6.45) is 86.6. The first-order valence-corrected chi connectivity index (χ1v) is 36.8. The molecule has 6 nitrogen and oxygen atoms in total. The van der Waals surface area contributed by atoms with Crippen molar-refractivity contribution >= 4 is 17.9 Å². The van der Waals surface area contributed by atoms with Gasteiger partial charge >= 0.3 is 17.9 Å². The third-order valence-electron chi connectivity index (χ3n) is 16.9. The van der Waals surface area contributed by atoms with Gasteiger partial charge in [-0.3, -0.25) is 14.4 Å². The molecule has 478 valence electrons. The minimum Gasteiger partial charge on any atom is -0.462 e. The molecule has 0 saturated heterocycles. The maximum absolute atomic E-state index is 12.9.